The molecule has 86 valence electrons. The molecule has 0 aromatic heterocycles. The smallest absolute Gasteiger partial charge is 0.123 e. The van der Waals surface area contributed by atoms with E-state index in [4.69, 9.17) is 0 Å². The third-order valence-electron chi connectivity index (χ3n) is 4.37. The molecule has 1 fully saturated rings. The van der Waals surface area contributed by atoms with Gasteiger partial charge in [-0.15, -0.1) is 0 Å². The van der Waals surface area contributed by atoms with E-state index in [1.54, 1.807) is 0 Å². The Morgan fingerprint density at radius 1 is 1.27 bits per heavy atom. The third kappa shape index (κ3) is 2.70. The summed E-state index contributed by atoms with van der Waals surface area (Å²) in [6.45, 7) is 9.42. The van der Waals surface area contributed by atoms with Crippen LogP contribution in [-0.4, -0.2) is 6.29 Å². The Morgan fingerprint density at radius 3 is 2.53 bits per heavy atom. The fourth-order valence-corrected chi connectivity index (χ4v) is 2.84. The van der Waals surface area contributed by atoms with Crippen molar-refractivity contribution in [3.63, 3.8) is 0 Å². The lowest BCUT2D eigenvalue weighted by molar-refractivity contribution is -0.107. The molecule has 0 spiro atoms. The summed E-state index contributed by atoms with van der Waals surface area (Å²) in [5, 5.41) is 0. The zero-order valence-electron chi connectivity index (χ0n) is 10.5. The number of carbonyl (C=O) groups excluding carboxylic acids is 1. The summed E-state index contributed by atoms with van der Waals surface area (Å²) in [5.41, 5.74) is 0.372. The van der Waals surface area contributed by atoms with E-state index in [1.165, 1.54) is 12.8 Å². The van der Waals surface area contributed by atoms with Gasteiger partial charge in [0.2, 0.25) is 0 Å². The average molecular weight is 208 g/mol. The van der Waals surface area contributed by atoms with Crippen molar-refractivity contribution in [3.05, 3.63) is 12.2 Å². The summed E-state index contributed by atoms with van der Waals surface area (Å²) in [5.74, 6) is 2.15. The Morgan fingerprint density at radius 2 is 1.93 bits per heavy atom. The summed E-state index contributed by atoms with van der Waals surface area (Å²) in [6.07, 6.45) is 8.50. The van der Waals surface area contributed by atoms with Gasteiger partial charge in [0.1, 0.15) is 6.29 Å². The predicted molar refractivity (Wildman–Crippen MR) is 64.7 cm³/mol. The molecule has 1 heteroatoms. The van der Waals surface area contributed by atoms with Crippen molar-refractivity contribution < 1.29 is 4.79 Å². The number of carbonyl (C=O) groups is 1. The van der Waals surface area contributed by atoms with E-state index < -0.39 is 0 Å². The molecule has 0 N–H and O–H groups in total. The molecule has 1 rings (SSSR count). The first-order valence-corrected chi connectivity index (χ1v) is 6.10. The minimum atomic E-state index is 0.372. The second-order valence-electron chi connectivity index (χ2n) is 5.63. The fraction of sp³-hybridized carbons (Fsp3) is 0.786. The molecule has 0 aliphatic heterocycles. The van der Waals surface area contributed by atoms with Gasteiger partial charge in [0, 0.05) is 6.42 Å². The van der Waals surface area contributed by atoms with Crippen LogP contribution in [0, 0.1) is 23.2 Å². The van der Waals surface area contributed by atoms with Gasteiger partial charge in [-0.05, 0) is 36.0 Å². The van der Waals surface area contributed by atoms with E-state index in [0.717, 1.165) is 18.1 Å². The number of hydrogen-bond donors (Lipinski definition) is 0. The van der Waals surface area contributed by atoms with Gasteiger partial charge in [-0.1, -0.05) is 39.8 Å². The molecule has 15 heavy (non-hydrogen) atoms. The van der Waals surface area contributed by atoms with E-state index in [9.17, 15) is 4.79 Å². The molecule has 0 heterocycles. The van der Waals surface area contributed by atoms with Gasteiger partial charge in [0.15, 0.2) is 0 Å². The van der Waals surface area contributed by atoms with Crippen LogP contribution in [0.1, 0.15) is 47.0 Å². The molecule has 0 aromatic rings. The molecule has 0 radical (unpaired) electrons. The van der Waals surface area contributed by atoms with Crippen LogP contribution >= 0.6 is 0 Å². The van der Waals surface area contributed by atoms with Crippen LogP contribution in [0.25, 0.3) is 0 Å². The highest BCUT2D eigenvalue weighted by atomic mass is 16.1. The second kappa shape index (κ2) is 4.96. The SMILES string of the molecule is CC1CCC(C)C(C)(C)C1C=CCC=O. The quantitative estimate of drug-likeness (QED) is 0.509. The Balaban J connectivity index is 2.76. The zero-order valence-corrected chi connectivity index (χ0v) is 10.5. The Labute approximate surface area is 93.9 Å². The Bertz CT molecular complexity index is 240. The van der Waals surface area contributed by atoms with Crippen molar-refractivity contribution in [2.75, 3.05) is 0 Å². The lowest BCUT2D eigenvalue weighted by Gasteiger charge is -2.46. The minimum absolute atomic E-state index is 0.372. The monoisotopic (exact) mass is 208 g/mol. The molecule has 3 unspecified atom stereocenters. The van der Waals surface area contributed by atoms with Gasteiger partial charge in [0.05, 0.1) is 0 Å². The molecular formula is C14H24O. The Hall–Kier alpha value is -0.590. The first kappa shape index (κ1) is 12.5. The lowest BCUT2D eigenvalue weighted by Crippen LogP contribution is -2.38. The van der Waals surface area contributed by atoms with Crippen molar-refractivity contribution in [2.24, 2.45) is 23.2 Å². The summed E-state index contributed by atoms with van der Waals surface area (Å²) in [7, 11) is 0. The van der Waals surface area contributed by atoms with Crippen LogP contribution in [-0.2, 0) is 4.79 Å². The molecular weight excluding hydrogens is 184 g/mol. The van der Waals surface area contributed by atoms with Crippen LogP contribution in [0.5, 0.6) is 0 Å². The van der Waals surface area contributed by atoms with Crippen LogP contribution in [0.3, 0.4) is 0 Å². The van der Waals surface area contributed by atoms with Crippen LogP contribution in [0.15, 0.2) is 12.2 Å². The normalized spacial score (nSPS) is 35.6. The van der Waals surface area contributed by atoms with E-state index in [0.29, 0.717) is 17.8 Å². The van der Waals surface area contributed by atoms with E-state index in [-0.39, 0.29) is 0 Å². The molecule has 0 amide bonds. The second-order valence-corrected chi connectivity index (χ2v) is 5.63. The van der Waals surface area contributed by atoms with Crippen molar-refractivity contribution in [1.82, 2.24) is 0 Å². The predicted octanol–water partition coefficient (Wildman–Crippen LogP) is 3.84. The maximum atomic E-state index is 10.3. The number of hydrogen-bond acceptors (Lipinski definition) is 1. The summed E-state index contributed by atoms with van der Waals surface area (Å²) < 4.78 is 0. The molecule has 0 aromatic carbocycles. The highest BCUT2D eigenvalue weighted by molar-refractivity contribution is 5.51. The van der Waals surface area contributed by atoms with Gasteiger partial charge < -0.3 is 4.79 Å². The first-order chi connectivity index (χ1) is 7.00. The highest BCUT2D eigenvalue weighted by Gasteiger charge is 2.39. The maximum absolute atomic E-state index is 10.3. The fourth-order valence-electron chi connectivity index (χ4n) is 2.84. The van der Waals surface area contributed by atoms with Crippen molar-refractivity contribution in [3.8, 4) is 0 Å². The standard InChI is InChI=1S/C14H24O/c1-11-8-9-12(2)14(3,4)13(11)7-5-6-10-15/h5,7,10-13H,6,8-9H2,1-4H3. The van der Waals surface area contributed by atoms with E-state index >= 15 is 0 Å². The van der Waals surface area contributed by atoms with E-state index in [2.05, 4.69) is 33.8 Å². The van der Waals surface area contributed by atoms with Gasteiger partial charge in [-0.25, -0.2) is 0 Å². The first-order valence-electron chi connectivity index (χ1n) is 6.10. The molecule has 0 saturated heterocycles. The van der Waals surface area contributed by atoms with Crippen molar-refractivity contribution >= 4 is 6.29 Å². The van der Waals surface area contributed by atoms with E-state index in [1.807, 2.05) is 6.08 Å². The van der Waals surface area contributed by atoms with Gasteiger partial charge in [-0.2, -0.15) is 0 Å². The largest absolute Gasteiger partial charge is 0.303 e. The molecule has 1 nitrogen and oxygen atoms in total. The topological polar surface area (TPSA) is 17.1 Å². The average Bonchev–Trinajstić information content (AvgIpc) is 2.18. The molecule has 1 aliphatic carbocycles. The molecule has 1 saturated carbocycles. The van der Waals surface area contributed by atoms with Crippen LogP contribution in [0.2, 0.25) is 0 Å². The minimum Gasteiger partial charge on any atom is -0.303 e. The maximum Gasteiger partial charge on any atom is 0.123 e. The van der Waals surface area contributed by atoms with Crippen LogP contribution < -0.4 is 0 Å². The molecule has 0 bridgehead atoms. The zero-order chi connectivity index (χ0) is 11.5. The lowest BCUT2D eigenvalue weighted by atomic mass is 9.59. The molecule has 1 aliphatic rings. The Kier molecular flexibility index (Phi) is 4.12. The molecule has 3 atom stereocenters. The van der Waals surface area contributed by atoms with Gasteiger partial charge in [0.25, 0.3) is 0 Å². The number of allylic oxidation sites excluding steroid dienone is 2. The summed E-state index contributed by atoms with van der Waals surface area (Å²) in [6, 6.07) is 0. The third-order valence-corrected chi connectivity index (χ3v) is 4.37. The van der Waals surface area contributed by atoms with Gasteiger partial charge in [-0.3, -0.25) is 0 Å². The summed E-state index contributed by atoms with van der Waals surface area (Å²) in [4.78, 5) is 10.3. The number of aldehydes is 1. The van der Waals surface area contributed by atoms with Gasteiger partial charge >= 0.3 is 0 Å². The van der Waals surface area contributed by atoms with Crippen LogP contribution in [0.4, 0.5) is 0 Å². The number of rotatable bonds is 3. The summed E-state index contributed by atoms with van der Waals surface area (Å²) >= 11 is 0. The van der Waals surface area contributed by atoms with Crippen molar-refractivity contribution in [2.45, 2.75) is 47.0 Å². The highest BCUT2D eigenvalue weighted by Crippen LogP contribution is 2.48. The van der Waals surface area contributed by atoms with Crippen molar-refractivity contribution in [1.29, 1.82) is 0 Å².